The number of benzene rings is 1. The Morgan fingerprint density at radius 2 is 2.14 bits per heavy atom. The van der Waals surface area contributed by atoms with Crippen molar-refractivity contribution >= 4 is 5.91 Å². The van der Waals surface area contributed by atoms with Crippen molar-refractivity contribution in [2.24, 2.45) is 5.92 Å². The van der Waals surface area contributed by atoms with Crippen molar-refractivity contribution < 1.29 is 18.7 Å². The summed E-state index contributed by atoms with van der Waals surface area (Å²) < 4.78 is 24.4. The highest BCUT2D eigenvalue weighted by atomic mass is 19.1. The fraction of sp³-hybridized carbons (Fsp3) is 0.562. The highest BCUT2D eigenvalue weighted by Crippen LogP contribution is 2.24. The van der Waals surface area contributed by atoms with E-state index in [1.165, 1.54) is 25.3 Å². The molecule has 3 rings (SSSR count). The molecule has 2 saturated heterocycles. The van der Waals surface area contributed by atoms with Gasteiger partial charge in [0, 0.05) is 25.6 Å². The third kappa shape index (κ3) is 2.94. The molecule has 2 aliphatic rings. The molecule has 2 atom stereocenters. The number of carbonyl (C=O) groups is 1. The average Bonchev–Trinajstić information content (AvgIpc) is 2.75. The van der Waals surface area contributed by atoms with Crippen LogP contribution in [0.3, 0.4) is 0 Å². The third-order valence-corrected chi connectivity index (χ3v) is 4.42. The van der Waals surface area contributed by atoms with Crippen molar-refractivity contribution in [3.05, 3.63) is 29.6 Å². The Labute approximate surface area is 129 Å². The Morgan fingerprint density at radius 1 is 1.32 bits per heavy atom. The number of rotatable bonds is 2. The molecule has 5 nitrogen and oxygen atoms in total. The largest absolute Gasteiger partial charge is 0.496 e. The van der Waals surface area contributed by atoms with Gasteiger partial charge in [-0.05, 0) is 25.2 Å². The molecule has 1 amide bonds. The first-order valence-electron chi connectivity index (χ1n) is 7.49. The van der Waals surface area contributed by atoms with E-state index in [4.69, 9.17) is 9.47 Å². The van der Waals surface area contributed by atoms with Gasteiger partial charge in [0.25, 0.3) is 5.91 Å². The molecular weight excluding hydrogens is 287 g/mol. The van der Waals surface area contributed by atoms with E-state index >= 15 is 0 Å². The maximum Gasteiger partial charge on any atom is 0.257 e. The molecule has 1 aromatic rings. The van der Waals surface area contributed by atoms with Crippen molar-refractivity contribution in [3.63, 3.8) is 0 Å². The van der Waals surface area contributed by atoms with Crippen LogP contribution in [0.1, 0.15) is 10.4 Å². The van der Waals surface area contributed by atoms with Gasteiger partial charge in [0.05, 0.1) is 31.9 Å². The van der Waals surface area contributed by atoms with Crippen LogP contribution in [0.25, 0.3) is 0 Å². The number of hydrogen-bond donors (Lipinski definition) is 0. The first kappa shape index (κ1) is 15.2. The third-order valence-electron chi connectivity index (χ3n) is 4.42. The molecule has 2 aliphatic heterocycles. The lowest BCUT2D eigenvalue weighted by atomic mass is 10.1. The van der Waals surface area contributed by atoms with Gasteiger partial charge >= 0.3 is 0 Å². The highest BCUT2D eigenvalue weighted by Gasteiger charge is 2.34. The molecule has 6 heteroatoms. The summed E-state index contributed by atoms with van der Waals surface area (Å²) in [6, 6.07) is 4.23. The molecule has 120 valence electrons. The van der Waals surface area contributed by atoms with Crippen LogP contribution in [0.4, 0.5) is 4.39 Å². The van der Waals surface area contributed by atoms with Gasteiger partial charge in [-0.15, -0.1) is 0 Å². The van der Waals surface area contributed by atoms with E-state index in [0.29, 0.717) is 32.1 Å². The molecule has 2 heterocycles. The minimum Gasteiger partial charge on any atom is -0.496 e. The number of carbonyl (C=O) groups excluding carboxylic acids is 1. The molecule has 0 radical (unpaired) electrons. The molecule has 0 aromatic heterocycles. The number of hydrogen-bond acceptors (Lipinski definition) is 4. The van der Waals surface area contributed by atoms with Crippen LogP contribution in [-0.2, 0) is 4.74 Å². The molecule has 0 N–H and O–H groups in total. The fourth-order valence-corrected chi connectivity index (χ4v) is 3.23. The standard InChI is InChI=1S/C16H21FN2O3/c1-18-6-11-7-19(8-13(18)10-22-9-11)16(20)14-5-12(17)3-4-15(14)21-2/h3-5,11,13H,6-10H2,1-2H3/t11-,13+/m1/s1. The molecule has 0 saturated carbocycles. The topological polar surface area (TPSA) is 42.0 Å². The Balaban J connectivity index is 1.87. The summed E-state index contributed by atoms with van der Waals surface area (Å²) in [4.78, 5) is 16.9. The first-order valence-corrected chi connectivity index (χ1v) is 7.49. The predicted molar refractivity (Wildman–Crippen MR) is 79.6 cm³/mol. The second-order valence-electron chi connectivity index (χ2n) is 6.05. The Hall–Kier alpha value is -1.66. The van der Waals surface area contributed by atoms with Crippen LogP contribution in [0.2, 0.25) is 0 Å². The van der Waals surface area contributed by atoms with Gasteiger partial charge in [0.2, 0.25) is 0 Å². The SMILES string of the molecule is COc1ccc(F)cc1C(=O)N1C[C@@H]2COC[C@H](C1)N(C)C2. The van der Waals surface area contributed by atoms with E-state index in [2.05, 4.69) is 11.9 Å². The van der Waals surface area contributed by atoms with Gasteiger partial charge in [-0.2, -0.15) is 0 Å². The Kier molecular flexibility index (Phi) is 4.31. The summed E-state index contributed by atoms with van der Waals surface area (Å²) in [5.41, 5.74) is 0.283. The predicted octanol–water partition coefficient (Wildman–Crippen LogP) is 1.24. The van der Waals surface area contributed by atoms with E-state index in [-0.39, 0.29) is 23.4 Å². The van der Waals surface area contributed by atoms with Gasteiger partial charge in [0.15, 0.2) is 0 Å². The minimum atomic E-state index is -0.431. The number of nitrogens with zero attached hydrogens (tertiary/aromatic N) is 2. The number of amides is 1. The maximum atomic E-state index is 13.5. The van der Waals surface area contributed by atoms with Crippen LogP contribution in [0.15, 0.2) is 18.2 Å². The molecule has 1 aromatic carbocycles. The number of halogens is 1. The zero-order valence-corrected chi connectivity index (χ0v) is 12.9. The summed E-state index contributed by atoms with van der Waals surface area (Å²) in [5, 5.41) is 0. The maximum absolute atomic E-state index is 13.5. The molecule has 2 fully saturated rings. The molecule has 2 bridgehead atoms. The minimum absolute atomic E-state index is 0.177. The lowest BCUT2D eigenvalue weighted by Crippen LogP contribution is -2.44. The summed E-state index contributed by atoms with van der Waals surface area (Å²) in [6.07, 6.45) is 0. The van der Waals surface area contributed by atoms with Crippen molar-refractivity contribution in [1.29, 1.82) is 0 Å². The second-order valence-corrected chi connectivity index (χ2v) is 6.05. The normalized spacial score (nSPS) is 25.7. The highest BCUT2D eigenvalue weighted by molar-refractivity contribution is 5.97. The van der Waals surface area contributed by atoms with Crippen LogP contribution in [-0.4, -0.2) is 68.8 Å². The molecule has 0 spiro atoms. The van der Waals surface area contributed by atoms with E-state index < -0.39 is 5.82 Å². The zero-order valence-electron chi connectivity index (χ0n) is 12.9. The first-order chi connectivity index (χ1) is 10.6. The molecule has 0 unspecified atom stereocenters. The van der Waals surface area contributed by atoms with Crippen molar-refractivity contribution in [2.45, 2.75) is 6.04 Å². The monoisotopic (exact) mass is 308 g/mol. The average molecular weight is 308 g/mol. The van der Waals surface area contributed by atoms with Gasteiger partial charge in [-0.1, -0.05) is 0 Å². The Morgan fingerprint density at radius 3 is 2.91 bits per heavy atom. The van der Waals surface area contributed by atoms with Crippen molar-refractivity contribution in [3.8, 4) is 5.75 Å². The number of likely N-dealkylation sites (N-methyl/N-ethyl adjacent to an activating group) is 1. The van der Waals surface area contributed by atoms with Crippen LogP contribution < -0.4 is 4.74 Å². The lowest BCUT2D eigenvalue weighted by molar-refractivity contribution is 0.0431. The number of ether oxygens (including phenoxy) is 2. The van der Waals surface area contributed by atoms with Crippen molar-refractivity contribution in [1.82, 2.24) is 9.80 Å². The van der Waals surface area contributed by atoms with Gasteiger partial charge < -0.3 is 14.4 Å². The van der Waals surface area contributed by atoms with Crippen LogP contribution in [0.5, 0.6) is 5.75 Å². The lowest BCUT2D eigenvalue weighted by Gasteiger charge is -2.30. The molecular formula is C16H21FN2O3. The van der Waals surface area contributed by atoms with E-state index in [9.17, 15) is 9.18 Å². The van der Waals surface area contributed by atoms with E-state index in [1.807, 2.05) is 0 Å². The second kappa shape index (κ2) is 6.22. The van der Waals surface area contributed by atoms with Gasteiger partial charge in [-0.25, -0.2) is 4.39 Å². The number of fused-ring (bicyclic) bond motifs is 3. The molecule has 22 heavy (non-hydrogen) atoms. The van der Waals surface area contributed by atoms with E-state index in [1.54, 1.807) is 4.90 Å². The van der Waals surface area contributed by atoms with Gasteiger partial charge in [0.1, 0.15) is 11.6 Å². The van der Waals surface area contributed by atoms with E-state index in [0.717, 1.165) is 6.54 Å². The summed E-state index contributed by atoms with van der Waals surface area (Å²) in [7, 11) is 3.55. The summed E-state index contributed by atoms with van der Waals surface area (Å²) >= 11 is 0. The smallest absolute Gasteiger partial charge is 0.257 e. The van der Waals surface area contributed by atoms with Crippen molar-refractivity contribution in [2.75, 3.05) is 47.0 Å². The van der Waals surface area contributed by atoms with Gasteiger partial charge in [-0.3, -0.25) is 9.69 Å². The quantitative estimate of drug-likeness (QED) is 0.824. The number of methoxy groups -OCH3 is 1. The Bertz CT molecular complexity index is 566. The van der Waals surface area contributed by atoms with Crippen LogP contribution in [0, 0.1) is 11.7 Å². The zero-order chi connectivity index (χ0) is 15.7. The molecule has 0 aliphatic carbocycles. The summed E-state index contributed by atoms with van der Waals surface area (Å²) in [5.74, 6) is 0.0783. The fourth-order valence-electron chi connectivity index (χ4n) is 3.23. The van der Waals surface area contributed by atoms with Crippen LogP contribution >= 0.6 is 0 Å². The summed E-state index contributed by atoms with van der Waals surface area (Å²) in [6.45, 7) is 3.40.